The van der Waals surface area contributed by atoms with E-state index in [0.29, 0.717) is 23.4 Å². The van der Waals surface area contributed by atoms with E-state index in [0.717, 1.165) is 29.0 Å². The van der Waals surface area contributed by atoms with Crippen LogP contribution < -0.4 is 10.6 Å². The van der Waals surface area contributed by atoms with Crippen LogP contribution in [0.3, 0.4) is 0 Å². The Bertz CT molecular complexity index is 997. The van der Waals surface area contributed by atoms with Crippen LogP contribution >= 0.6 is 24.8 Å². The maximum atomic E-state index is 13.0. The molecule has 30 heavy (non-hydrogen) atoms. The van der Waals surface area contributed by atoms with Crippen molar-refractivity contribution in [3.8, 4) is 11.3 Å². The quantitative estimate of drug-likeness (QED) is 0.549. The zero-order valence-corrected chi connectivity index (χ0v) is 19.9. The molecule has 0 fully saturated rings. The second kappa shape index (κ2) is 10.8. The van der Waals surface area contributed by atoms with E-state index in [-0.39, 0.29) is 42.8 Å². The number of pyridine rings is 1. The number of nitrogens with zero attached hydrogens (tertiary/aromatic N) is 3. The number of aryl methyl sites for hydroxylation is 2. The fourth-order valence-electron chi connectivity index (χ4n) is 3.37. The summed E-state index contributed by atoms with van der Waals surface area (Å²) in [4.78, 5) is 17.8. The number of aromatic nitrogens is 3. The van der Waals surface area contributed by atoms with Crippen molar-refractivity contribution >= 4 is 41.8 Å². The van der Waals surface area contributed by atoms with Gasteiger partial charge in [-0.25, -0.2) is 9.67 Å². The van der Waals surface area contributed by atoms with Gasteiger partial charge in [-0.1, -0.05) is 6.92 Å². The lowest BCUT2D eigenvalue weighted by Gasteiger charge is -2.14. The molecule has 0 aliphatic rings. The number of nitrogens with one attached hydrogen (secondary N) is 2. The van der Waals surface area contributed by atoms with Gasteiger partial charge in [0, 0.05) is 24.2 Å². The fraction of sp³-hybridized carbons (Fsp3) is 0.476. The fourth-order valence-corrected chi connectivity index (χ4v) is 3.37. The van der Waals surface area contributed by atoms with Crippen LogP contribution in [0, 0.1) is 13.8 Å². The number of hydrogen-bond donors (Lipinski definition) is 2. The van der Waals surface area contributed by atoms with Crippen LogP contribution in [0.15, 0.2) is 22.7 Å². The summed E-state index contributed by atoms with van der Waals surface area (Å²) in [5.41, 5.74) is 2.89. The summed E-state index contributed by atoms with van der Waals surface area (Å²) < 4.78 is 7.52. The molecule has 7 nitrogen and oxygen atoms in total. The lowest BCUT2D eigenvalue weighted by atomic mass is 10.1. The molecule has 166 valence electrons. The number of rotatable bonds is 7. The predicted octanol–water partition coefficient (Wildman–Crippen LogP) is 4.46. The molecule has 0 saturated heterocycles. The average molecular weight is 456 g/mol. The second-order valence-electron chi connectivity index (χ2n) is 7.47. The number of amides is 1. The molecule has 0 radical (unpaired) electrons. The number of hydrogen-bond acceptors (Lipinski definition) is 5. The number of fused-ring (bicyclic) bond motifs is 1. The van der Waals surface area contributed by atoms with E-state index in [2.05, 4.69) is 15.7 Å². The largest absolute Gasteiger partial charge is 0.466 e. The van der Waals surface area contributed by atoms with E-state index in [4.69, 9.17) is 9.40 Å². The Hall–Kier alpha value is -2.09. The van der Waals surface area contributed by atoms with Crippen molar-refractivity contribution in [3.05, 3.63) is 35.4 Å². The highest BCUT2D eigenvalue weighted by molar-refractivity contribution is 6.06. The van der Waals surface area contributed by atoms with Gasteiger partial charge in [0.05, 0.1) is 22.8 Å². The van der Waals surface area contributed by atoms with Gasteiger partial charge in [0.25, 0.3) is 5.91 Å². The van der Waals surface area contributed by atoms with Crippen LogP contribution in [0.25, 0.3) is 22.3 Å². The zero-order chi connectivity index (χ0) is 20.4. The van der Waals surface area contributed by atoms with Crippen molar-refractivity contribution in [2.75, 3.05) is 13.1 Å². The molecule has 1 amide bonds. The summed E-state index contributed by atoms with van der Waals surface area (Å²) in [5.74, 6) is 1.48. The highest BCUT2D eigenvalue weighted by Crippen LogP contribution is 2.30. The lowest BCUT2D eigenvalue weighted by Crippen LogP contribution is -2.38. The van der Waals surface area contributed by atoms with Crippen molar-refractivity contribution in [2.24, 2.45) is 0 Å². The Morgan fingerprint density at radius 2 is 1.90 bits per heavy atom. The maximum absolute atomic E-state index is 13.0. The van der Waals surface area contributed by atoms with Gasteiger partial charge in [0.15, 0.2) is 5.65 Å². The van der Waals surface area contributed by atoms with E-state index < -0.39 is 0 Å². The Balaban J connectivity index is 0.00000225. The summed E-state index contributed by atoms with van der Waals surface area (Å²) in [6, 6.07) is 4.12. The lowest BCUT2D eigenvalue weighted by molar-refractivity contribution is 0.0952. The Kier molecular flexibility index (Phi) is 9.34. The van der Waals surface area contributed by atoms with Gasteiger partial charge in [-0.15, -0.1) is 24.8 Å². The van der Waals surface area contributed by atoms with Gasteiger partial charge in [-0.3, -0.25) is 4.79 Å². The van der Waals surface area contributed by atoms with Crippen molar-refractivity contribution in [1.82, 2.24) is 25.4 Å². The van der Waals surface area contributed by atoms with E-state index in [9.17, 15) is 4.79 Å². The molecule has 2 N–H and O–H groups in total. The molecule has 1 atom stereocenters. The first-order valence-corrected chi connectivity index (χ1v) is 9.79. The monoisotopic (exact) mass is 455 g/mol. The van der Waals surface area contributed by atoms with E-state index in [1.807, 2.05) is 58.4 Å². The van der Waals surface area contributed by atoms with Gasteiger partial charge in [-0.2, -0.15) is 5.10 Å². The first-order chi connectivity index (χ1) is 13.3. The molecule has 3 rings (SSSR count). The molecule has 3 heterocycles. The molecule has 0 aliphatic heterocycles. The van der Waals surface area contributed by atoms with Crippen LogP contribution in [-0.2, 0) is 0 Å². The molecule has 0 aliphatic carbocycles. The van der Waals surface area contributed by atoms with Gasteiger partial charge >= 0.3 is 0 Å². The van der Waals surface area contributed by atoms with E-state index in [1.54, 1.807) is 6.20 Å². The topological polar surface area (TPSA) is 85.0 Å². The van der Waals surface area contributed by atoms with Crippen molar-refractivity contribution in [1.29, 1.82) is 0 Å². The number of halogens is 2. The number of carbonyl (C=O) groups excluding carboxylic acids is 1. The van der Waals surface area contributed by atoms with Crippen LogP contribution in [0.5, 0.6) is 0 Å². The van der Waals surface area contributed by atoms with Crippen molar-refractivity contribution < 1.29 is 9.21 Å². The average Bonchev–Trinajstić information content (AvgIpc) is 3.21. The highest BCUT2D eigenvalue weighted by Gasteiger charge is 2.20. The van der Waals surface area contributed by atoms with Gasteiger partial charge in [-0.05, 0) is 53.3 Å². The first kappa shape index (κ1) is 25.9. The van der Waals surface area contributed by atoms with Gasteiger partial charge in [0.1, 0.15) is 11.5 Å². The molecule has 0 unspecified atom stereocenters. The summed E-state index contributed by atoms with van der Waals surface area (Å²) >= 11 is 0. The number of furan rings is 1. The second-order valence-corrected chi connectivity index (χ2v) is 7.47. The van der Waals surface area contributed by atoms with E-state index >= 15 is 0 Å². The maximum Gasteiger partial charge on any atom is 0.252 e. The molecular formula is C21H31Cl2N5O2. The van der Waals surface area contributed by atoms with Gasteiger partial charge < -0.3 is 15.1 Å². The smallest absolute Gasteiger partial charge is 0.252 e. The van der Waals surface area contributed by atoms with Crippen molar-refractivity contribution in [3.63, 3.8) is 0 Å². The summed E-state index contributed by atoms with van der Waals surface area (Å²) in [6.45, 7) is 13.4. The summed E-state index contributed by atoms with van der Waals surface area (Å²) in [7, 11) is 0. The van der Waals surface area contributed by atoms with Crippen molar-refractivity contribution in [2.45, 2.75) is 53.6 Å². The normalized spacial score (nSPS) is 11.8. The third kappa shape index (κ3) is 5.33. The third-order valence-electron chi connectivity index (χ3n) is 4.74. The van der Waals surface area contributed by atoms with Crippen LogP contribution in [-0.4, -0.2) is 39.8 Å². The SMILES string of the molecule is CCN[C@H](C)CNC(=O)c1cc(-c2cc(C)oc2C)nc2c1cnn2C(C)C.Cl.Cl. The molecule has 3 aromatic heterocycles. The van der Waals surface area contributed by atoms with E-state index in [1.165, 1.54) is 0 Å². The molecule has 0 spiro atoms. The van der Waals surface area contributed by atoms with Gasteiger partial charge in [0.2, 0.25) is 0 Å². The Morgan fingerprint density at radius 3 is 2.47 bits per heavy atom. The number of likely N-dealkylation sites (N-methyl/N-ethyl adjacent to an activating group) is 1. The molecule has 3 aromatic rings. The number of carbonyl (C=O) groups is 1. The highest BCUT2D eigenvalue weighted by atomic mass is 35.5. The molecular weight excluding hydrogens is 425 g/mol. The third-order valence-corrected chi connectivity index (χ3v) is 4.74. The Labute approximate surface area is 189 Å². The minimum atomic E-state index is -0.125. The predicted molar refractivity (Wildman–Crippen MR) is 125 cm³/mol. The zero-order valence-electron chi connectivity index (χ0n) is 18.3. The first-order valence-electron chi connectivity index (χ1n) is 9.79. The summed E-state index contributed by atoms with van der Waals surface area (Å²) in [6.07, 6.45) is 1.72. The minimum absolute atomic E-state index is 0. The Morgan fingerprint density at radius 1 is 1.20 bits per heavy atom. The minimum Gasteiger partial charge on any atom is -0.466 e. The standard InChI is InChI=1S/C21H29N5O2.2ClH/c1-7-22-13(4)10-23-21(27)17-9-19(16-8-14(5)28-15(16)6)25-20-18(17)11-24-26(20)12(2)3;;/h8-9,11-13,22H,7,10H2,1-6H3,(H,23,27);2*1H/t13-;;/m1../s1. The molecule has 0 aromatic carbocycles. The summed E-state index contributed by atoms with van der Waals surface area (Å²) in [5, 5.41) is 11.5. The van der Waals surface area contributed by atoms with Crippen LogP contribution in [0.1, 0.15) is 55.6 Å². The molecule has 0 bridgehead atoms. The molecule has 9 heteroatoms. The van der Waals surface area contributed by atoms with Crippen LogP contribution in [0.4, 0.5) is 0 Å². The van der Waals surface area contributed by atoms with Crippen LogP contribution in [0.2, 0.25) is 0 Å². The molecule has 0 saturated carbocycles.